The fourth-order valence-corrected chi connectivity index (χ4v) is 4.04. The quantitative estimate of drug-likeness (QED) is 0.751. The molecule has 2 saturated heterocycles. The van der Waals surface area contributed by atoms with Crippen LogP contribution in [0.2, 0.25) is 0 Å². The summed E-state index contributed by atoms with van der Waals surface area (Å²) in [4.78, 5) is 2.70. The minimum atomic E-state index is -3.37. The highest BCUT2D eigenvalue weighted by Gasteiger charge is 2.29. The molecular formula is C11H24N4O2S. The molecule has 2 aliphatic rings. The van der Waals surface area contributed by atoms with Gasteiger partial charge < -0.3 is 5.73 Å². The molecule has 0 spiro atoms. The second-order valence-electron chi connectivity index (χ2n) is 5.25. The third-order valence-corrected chi connectivity index (χ3v) is 5.26. The summed E-state index contributed by atoms with van der Waals surface area (Å²) in [6.07, 6.45) is 5.26. The van der Waals surface area contributed by atoms with Gasteiger partial charge in [0.15, 0.2) is 0 Å². The zero-order valence-electron chi connectivity index (χ0n) is 10.8. The van der Waals surface area contributed by atoms with Crippen molar-refractivity contribution in [1.29, 1.82) is 0 Å². The molecule has 2 heterocycles. The SMILES string of the molecule is NCC1CCCN(S(=O)(=O)NN2CCCCC2)C1. The van der Waals surface area contributed by atoms with Gasteiger partial charge in [0.05, 0.1) is 0 Å². The average Bonchev–Trinajstić information content (AvgIpc) is 2.39. The number of nitrogens with one attached hydrogen (secondary N) is 1. The zero-order chi connectivity index (χ0) is 13.0. The van der Waals surface area contributed by atoms with Gasteiger partial charge in [-0.25, -0.2) is 5.01 Å². The molecule has 0 amide bonds. The molecule has 0 saturated carbocycles. The van der Waals surface area contributed by atoms with Gasteiger partial charge in [0, 0.05) is 26.2 Å². The van der Waals surface area contributed by atoms with E-state index in [0.29, 0.717) is 25.6 Å². The molecule has 3 N–H and O–H groups in total. The second-order valence-corrected chi connectivity index (χ2v) is 6.90. The van der Waals surface area contributed by atoms with Crippen molar-refractivity contribution in [2.24, 2.45) is 11.7 Å². The summed E-state index contributed by atoms with van der Waals surface area (Å²) in [6, 6.07) is 0. The third-order valence-electron chi connectivity index (χ3n) is 3.76. The van der Waals surface area contributed by atoms with E-state index in [9.17, 15) is 8.42 Å². The molecule has 0 aromatic carbocycles. The number of rotatable bonds is 4. The summed E-state index contributed by atoms with van der Waals surface area (Å²) in [7, 11) is -3.37. The van der Waals surface area contributed by atoms with Crippen molar-refractivity contribution >= 4 is 10.2 Å². The maximum absolute atomic E-state index is 12.2. The van der Waals surface area contributed by atoms with Crippen LogP contribution in [0.15, 0.2) is 0 Å². The molecule has 2 fully saturated rings. The first-order valence-corrected chi connectivity index (χ1v) is 8.28. The van der Waals surface area contributed by atoms with Gasteiger partial charge in [0.2, 0.25) is 0 Å². The summed E-state index contributed by atoms with van der Waals surface area (Å²) >= 11 is 0. The smallest absolute Gasteiger partial charge is 0.292 e. The maximum Gasteiger partial charge on any atom is 0.292 e. The Labute approximate surface area is 110 Å². The van der Waals surface area contributed by atoms with Crippen molar-refractivity contribution in [2.45, 2.75) is 32.1 Å². The largest absolute Gasteiger partial charge is 0.330 e. The van der Waals surface area contributed by atoms with Crippen LogP contribution in [0, 0.1) is 5.92 Å². The molecule has 7 heteroatoms. The van der Waals surface area contributed by atoms with E-state index in [0.717, 1.165) is 38.8 Å². The number of nitrogens with zero attached hydrogens (tertiary/aromatic N) is 2. The topological polar surface area (TPSA) is 78.7 Å². The molecule has 0 bridgehead atoms. The molecule has 18 heavy (non-hydrogen) atoms. The molecule has 1 unspecified atom stereocenters. The molecule has 106 valence electrons. The molecule has 2 aliphatic heterocycles. The van der Waals surface area contributed by atoms with Crippen LogP contribution >= 0.6 is 0 Å². The first-order valence-electron chi connectivity index (χ1n) is 6.84. The number of nitrogens with two attached hydrogens (primary N) is 1. The Kier molecular flexibility index (Phi) is 4.97. The summed E-state index contributed by atoms with van der Waals surface area (Å²) in [5, 5.41) is 1.82. The number of piperidine rings is 2. The number of hydrogen-bond donors (Lipinski definition) is 2. The monoisotopic (exact) mass is 276 g/mol. The Morgan fingerprint density at radius 2 is 1.83 bits per heavy atom. The van der Waals surface area contributed by atoms with Crippen molar-refractivity contribution in [3.05, 3.63) is 0 Å². The van der Waals surface area contributed by atoms with Crippen LogP contribution in [-0.4, -0.2) is 50.5 Å². The van der Waals surface area contributed by atoms with Gasteiger partial charge in [0.25, 0.3) is 10.2 Å². The van der Waals surface area contributed by atoms with Crippen molar-refractivity contribution in [1.82, 2.24) is 14.1 Å². The fraction of sp³-hybridized carbons (Fsp3) is 1.00. The maximum atomic E-state index is 12.2. The molecular weight excluding hydrogens is 252 g/mol. The van der Waals surface area contributed by atoms with E-state index in [4.69, 9.17) is 5.73 Å². The lowest BCUT2D eigenvalue weighted by Crippen LogP contribution is -2.53. The van der Waals surface area contributed by atoms with Crippen LogP contribution in [0.3, 0.4) is 0 Å². The van der Waals surface area contributed by atoms with Gasteiger partial charge >= 0.3 is 0 Å². The van der Waals surface area contributed by atoms with Gasteiger partial charge in [-0.05, 0) is 38.1 Å². The lowest BCUT2D eigenvalue weighted by atomic mass is 10.0. The van der Waals surface area contributed by atoms with Gasteiger partial charge in [0.1, 0.15) is 0 Å². The van der Waals surface area contributed by atoms with Gasteiger partial charge in [-0.15, -0.1) is 4.83 Å². The van der Waals surface area contributed by atoms with Gasteiger partial charge in [-0.2, -0.15) is 12.7 Å². The third kappa shape index (κ3) is 3.64. The Morgan fingerprint density at radius 3 is 2.50 bits per heavy atom. The van der Waals surface area contributed by atoms with E-state index in [-0.39, 0.29) is 0 Å². The van der Waals surface area contributed by atoms with Crippen LogP contribution < -0.4 is 10.6 Å². The summed E-state index contributed by atoms with van der Waals surface area (Å²) < 4.78 is 26.0. The Morgan fingerprint density at radius 1 is 1.11 bits per heavy atom. The first kappa shape index (κ1) is 14.2. The van der Waals surface area contributed by atoms with Crippen molar-refractivity contribution in [3.63, 3.8) is 0 Å². The Balaban J connectivity index is 1.92. The highest BCUT2D eigenvalue weighted by Crippen LogP contribution is 2.18. The van der Waals surface area contributed by atoms with Crippen LogP contribution in [0.4, 0.5) is 0 Å². The van der Waals surface area contributed by atoms with E-state index >= 15 is 0 Å². The molecule has 6 nitrogen and oxygen atoms in total. The van der Waals surface area contributed by atoms with E-state index in [1.165, 1.54) is 6.42 Å². The van der Waals surface area contributed by atoms with E-state index in [2.05, 4.69) is 4.83 Å². The highest BCUT2D eigenvalue weighted by atomic mass is 32.2. The van der Waals surface area contributed by atoms with E-state index in [1.807, 2.05) is 5.01 Å². The normalized spacial score (nSPS) is 28.4. The fourth-order valence-electron chi connectivity index (χ4n) is 2.64. The molecule has 1 atom stereocenters. The Bertz CT molecular complexity index is 354. The van der Waals surface area contributed by atoms with Crippen LogP contribution in [0.5, 0.6) is 0 Å². The van der Waals surface area contributed by atoms with E-state index in [1.54, 1.807) is 4.31 Å². The molecule has 2 rings (SSSR count). The standard InChI is InChI=1S/C11H24N4O2S/c12-9-11-5-4-8-15(10-11)18(16,17)13-14-6-2-1-3-7-14/h11,13H,1-10,12H2. The predicted octanol–water partition coefficient (Wildman–Crippen LogP) is -0.108. The summed E-state index contributed by atoms with van der Waals surface area (Å²) in [5.41, 5.74) is 5.64. The van der Waals surface area contributed by atoms with Crippen molar-refractivity contribution < 1.29 is 8.42 Å². The van der Waals surface area contributed by atoms with Crippen LogP contribution in [0.1, 0.15) is 32.1 Å². The average molecular weight is 276 g/mol. The van der Waals surface area contributed by atoms with Crippen LogP contribution in [-0.2, 0) is 10.2 Å². The zero-order valence-corrected chi connectivity index (χ0v) is 11.7. The molecule has 0 aromatic rings. The minimum absolute atomic E-state index is 0.302. The summed E-state index contributed by atoms with van der Waals surface area (Å²) in [5.74, 6) is 0.302. The predicted molar refractivity (Wildman–Crippen MR) is 70.8 cm³/mol. The highest BCUT2D eigenvalue weighted by molar-refractivity contribution is 7.87. The van der Waals surface area contributed by atoms with Gasteiger partial charge in [-0.1, -0.05) is 6.42 Å². The molecule has 0 radical (unpaired) electrons. The van der Waals surface area contributed by atoms with Gasteiger partial charge in [-0.3, -0.25) is 0 Å². The Hall–Kier alpha value is -0.210. The van der Waals surface area contributed by atoms with E-state index < -0.39 is 10.2 Å². The lowest BCUT2D eigenvalue weighted by molar-refractivity contribution is 0.186. The first-order chi connectivity index (χ1) is 8.62. The summed E-state index contributed by atoms with van der Waals surface area (Å²) in [6.45, 7) is 3.36. The van der Waals surface area contributed by atoms with Crippen molar-refractivity contribution in [3.8, 4) is 0 Å². The number of hydrogen-bond acceptors (Lipinski definition) is 4. The lowest BCUT2D eigenvalue weighted by Gasteiger charge is -2.34. The van der Waals surface area contributed by atoms with Crippen LogP contribution in [0.25, 0.3) is 0 Å². The number of hydrazine groups is 1. The minimum Gasteiger partial charge on any atom is -0.330 e. The molecule has 0 aliphatic carbocycles. The molecule has 0 aromatic heterocycles. The van der Waals surface area contributed by atoms with Crippen molar-refractivity contribution in [2.75, 3.05) is 32.7 Å². The second kappa shape index (κ2) is 6.29.